The van der Waals surface area contributed by atoms with Crippen LogP contribution in [0.2, 0.25) is 0 Å². The Morgan fingerprint density at radius 1 is 1.12 bits per heavy atom. The molecule has 4 amide bonds. The van der Waals surface area contributed by atoms with Gasteiger partial charge < -0.3 is 15.0 Å². The molecule has 0 unspecified atom stereocenters. The molecule has 168 valence electrons. The number of barbiturate groups is 1. The van der Waals surface area contributed by atoms with Crippen LogP contribution in [0, 0.1) is 17.0 Å². The van der Waals surface area contributed by atoms with Crippen LogP contribution in [0.5, 0.6) is 0 Å². The summed E-state index contributed by atoms with van der Waals surface area (Å²) in [7, 11) is 0. The Balaban J connectivity index is 1.74. The first-order chi connectivity index (χ1) is 15.2. The number of hydrogen-bond donors (Lipinski definition) is 3. The number of morpholine rings is 1. The molecule has 4 aliphatic heterocycles. The van der Waals surface area contributed by atoms with Crippen LogP contribution in [-0.2, 0) is 20.7 Å². The Morgan fingerprint density at radius 3 is 2.50 bits per heavy atom. The van der Waals surface area contributed by atoms with Crippen molar-refractivity contribution in [1.82, 2.24) is 16.0 Å². The molecule has 10 heteroatoms. The quantitative estimate of drug-likeness (QED) is 0.566. The van der Waals surface area contributed by atoms with Crippen LogP contribution in [-0.4, -0.2) is 49.2 Å². The number of dihydropyridines is 1. The zero-order valence-corrected chi connectivity index (χ0v) is 17.5. The number of hydrogen-bond acceptors (Lipinski definition) is 6. The van der Waals surface area contributed by atoms with E-state index in [2.05, 4.69) is 16.0 Å². The summed E-state index contributed by atoms with van der Waals surface area (Å²) in [5.74, 6) is -3.56. The second kappa shape index (κ2) is 7.13. The summed E-state index contributed by atoms with van der Waals surface area (Å²) in [5.41, 5.74) is -0.776. The second-order valence-electron chi connectivity index (χ2n) is 8.63. The lowest BCUT2D eigenvalue weighted by atomic mass is 9.66. The van der Waals surface area contributed by atoms with E-state index < -0.39 is 47.0 Å². The van der Waals surface area contributed by atoms with Crippen molar-refractivity contribution in [1.29, 1.82) is 0 Å². The van der Waals surface area contributed by atoms with Crippen LogP contribution >= 0.6 is 0 Å². The Bertz CT molecular complexity index is 1100. The first-order valence-electron chi connectivity index (χ1n) is 10.4. The minimum Gasteiger partial charge on any atom is -0.387 e. The molecule has 32 heavy (non-hydrogen) atoms. The number of nitrogens with zero attached hydrogens (tertiary/aromatic N) is 1. The van der Waals surface area contributed by atoms with Gasteiger partial charge in [-0.3, -0.25) is 20.2 Å². The summed E-state index contributed by atoms with van der Waals surface area (Å²) in [5, 5.41) is 7.32. The fourth-order valence-corrected chi connectivity index (χ4v) is 5.42. The Hall–Kier alpha value is -3.27. The maximum Gasteiger partial charge on any atom is 0.328 e. The van der Waals surface area contributed by atoms with Gasteiger partial charge >= 0.3 is 6.03 Å². The number of benzene rings is 1. The minimum absolute atomic E-state index is 0.0290. The predicted molar refractivity (Wildman–Crippen MR) is 110 cm³/mol. The molecule has 3 N–H and O–H groups in total. The SMILES string of the molecule is C[C@@H]1CN2c3c(cc(C4=CC=CNC4)c(F)c3F)CC3(C(=O)NC(=O)NC3=O)[C@H]2[C@H](C)O1. The van der Waals surface area contributed by atoms with Gasteiger partial charge in [0.2, 0.25) is 11.8 Å². The molecular formula is C22H22F2N4O4. The number of nitrogens with one attached hydrogen (secondary N) is 3. The highest BCUT2D eigenvalue weighted by Crippen LogP contribution is 2.48. The molecule has 8 nitrogen and oxygen atoms in total. The monoisotopic (exact) mass is 444 g/mol. The van der Waals surface area contributed by atoms with Crippen LogP contribution in [0.25, 0.3) is 5.57 Å². The maximum atomic E-state index is 15.6. The summed E-state index contributed by atoms with van der Waals surface area (Å²) in [6.45, 7) is 3.93. The first-order valence-corrected chi connectivity index (χ1v) is 10.4. The molecular weight excluding hydrogens is 422 g/mol. The van der Waals surface area contributed by atoms with E-state index in [0.717, 1.165) is 0 Å². The molecule has 1 aromatic rings. The standard InChI is InChI=1S/C22H22F2N4O4/c1-10-9-28-17-13(6-14(15(23)16(17)24)12-4-3-5-25-8-12)7-22(18(28)11(2)32-10)19(29)26-21(31)27-20(22)30/h3-6,10-11,18,25H,7-9H2,1-2H3,(H2,26,27,29,30,31)/t10-,11+,18-/m1/s1. The molecule has 4 aliphatic rings. The zero-order chi connectivity index (χ0) is 22.8. The number of imide groups is 2. The average Bonchev–Trinajstić information content (AvgIpc) is 2.74. The number of fused-ring (bicyclic) bond motifs is 4. The predicted octanol–water partition coefficient (Wildman–Crippen LogP) is 1.36. The van der Waals surface area contributed by atoms with Crippen molar-refractivity contribution in [2.45, 2.75) is 38.5 Å². The van der Waals surface area contributed by atoms with E-state index in [1.807, 2.05) is 0 Å². The molecule has 4 heterocycles. The third-order valence-corrected chi connectivity index (χ3v) is 6.62. The average molecular weight is 444 g/mol. The van der Waals surface area contributed by atoms with Crippen LogP contribution in [0.3, 0.4) is 0 Å². The highest BCUT2D eigenvalue weighted by Gasteiger charge is 2.63. The molecule has 5 rings (SSSR count). The van der Waals surface area contributed by atoms with Crippen LogP contribution in [0.1, 0.15) is 25.0 Å². The van der Waals surface area contributed by atoms with E-state index in [-0.39, 0.29) is 30.3 Å². The van der Waals surface area contributed by atoms with Crippen molar-refractivity contribution in [3.8, 4) is 0 Å². The number of carbonyl (C=O) groups excluding carboxylic acids is 3. The Labute approximate surface area is 182 Å². The number of allylic oxidation sites excluding steroid dienone is 2. The van der Waals surface area contributed by atoms with Crippen LogP contribution in [0.15, 0.2) is 24.4 Å². The van der Waals surface area contributed by atoms with Gasteiger partial charge in [0, 0.05) is 25.1 Å². The van der Waals surface area contributed by atoms with Crippen molar-refractivity contribution in [2.24, 2.45) is 5.41 Å². The van der Waals surface area contributed by atoms with Gasteiger partial charge in [-0.15, -0.1) is 0 Å². The Morgan fingerprint density at radius 2 is 1.84 bits per heavy atom. The highest BCUT2D eigenvalue weighted by molar-refractivity contribution is 6.20. The van der Waals surface area contributed by atoms with E-state index in [0.29, 0.717) is 17.7 Å². The zero-order valence-electron chi connectivity index (χ0n) is 17.5. The number of halogens is 2. The lowest BCUT2D eigenvalue weighted by molar-refractivity contribution is -0.153. The maximum absolute atomic E-state index is 15.6. The molecule has 0 bridgehead atoms. The van der Waals surface area contributed by atoms with Gasteiger partial charge in [0.25, 0.3) is 0 Å². The number of ether oxygens (including phenoxy) is 1. The van der Waals surface area contributed by atoms with Crippen molar-refractivity contribution in [2.75, 3.05) is 18.0 Å². The first kappa shape index (κ1) is 20.6. The van der Waals surface area contributed by atoms with E-state index in [1.54, 1.807) is 37.1 Å². The van der Waals surface area contributed by atoms with Crippen molar-refractivity contribution in [3.05, 3.63) is 47.2 Å². The topological polar surface area (TPSA) is 99.8 Å². The molecule has 1 spiro atoms. The fourth-order valence-electron chi connectivity index (χ4n) is 5.42. The summed E-state index contributed by atoms with van der Waals surface area (Å²) in [6.07, 6.45) is 3.86. The molecule has 0 aromatic heterocycles. The minimum atomic E-state index is -1.74. The van der Waals surface area contributed by atoms with Crippen molar-refractivity contribution >= 4 is 29.1 Å². The molecule has 2 saturated heterocycles. The van der Waals surface area contributed by atoms with Gasteiger partial charge in [-0.05, 0) is 43.3 Å². The molecule has 0 aliphatic carbocycles. The van der Waals surface area contributed by atoms with Crippen LogP contribution in [0.4, 0.5) is 19.3 Å². The van der Waals surface area contributed by atoms with Gasteiger partial charge in [-0.25, -0.2) is 13.6 Å². The number of urea groups is 1. The van der Waals surface area contributed by atoms with E-state index >= 15 is 8.78 Å². The molecule has 0 radical (unpaired) electrons. The van der Waals surface area contributed by atoms with Crippen LogP contribution < -0.4 is 20.9 Å². The van der Waals surface area contributed by atoms with Crippen molar-refractivity contribution in [3.63, 3.8) is 0 Å². The molecule has 3 atom stereocenters. The van der Waals surface area contributed by atoms with E-state index in [9.17, 15) is 14.4 Å². The molecule has 1 aromatic carbocycles. The summed E-state index contributed by atoms with van der Waals surface area (Å²) >= 11 is 0. The van der Waals surface area contributed by atoms with E-state index in [1.165, 1.54) is 6.07 Å². The third kappa shape index (κ3) is 2.78. The number of carbonyl (C=O) groups is 3. The van der Waals surface area contributed by atoms with Crippen molar-refractivity contribution < 1.29 is 27.9 Å². The number of rotatable bonds is 1. The lowest BCUT2D eigenvalue weighted by Crippen LogP contribution is -2.75. The smallest absolute Gasteiger partial charge is 0.328 e. The van der Waals surface area contributed by atoms with Gasteiger partial charge in [-0.2, -0.15) is 0 Å². The number of anilines is 1. The second-order valence-corrected chi connectivity index (χ2v) is 8.63. The summed E-state index contributed by atoms with van der Waals surface area (Å²) in [6, 6.07) is -0.324. The summed E-state index contributed by atoms with van der Waals surface area (Å²) in [4.78, 5) is 39.6. The largest absolute Gasteiger partial charge is 0.387 e. The normalized spacial score (nSPS) is 28.4. The number of amides is 4. The van der Waals surface area contributed by atoms with Gasteiger partial charge in [-0.1, -0.05) is 6.08 Å². The van der Waals surface area contributed by atoms with Gasteiger partial charge in [0.05, 0.1) is 23.9 Å². The van der Waals surface area contributed by atoms with Gasteiger partial charge in [0.15, 0.2) is 17.0 Å². The lowest BCUT2D eigenvalue weighted by Gasteiger charge is -2.55. The van der Waals surface area contributed by atoms with E-state index in [4.69, 9.17) is 4.74 Å². The summed E-state index contributed by atoms with van der Waals surface area (Å²) < 4.78 is 36.7. The highest BCUT2D eigenvalue weighted by atomic mass is 19.2. The Kier molecular flexibility index (Phi) is 4.59. The fraction of sp³-hybridized carbons (Fsp3) is 0.409. The molecule has 0 saturated carbocycles. The third-order valence-electron chi connectivity index (χ3n) is 6.62. The van der Waals surface area contributed by atoms with Gasteiger partial charge in [0.1, 0.15) is 0 Å². The molecule has 2 fully saturated rings.